The van der Waals surface area contributed by atoms with Crippen LogP contribution in [0.5, 0.6) is 0 Å². The molecule has 0 aliphatic carbocycles. The Morgan fingerprint density at radius 1 is 1.37 bits per heavy atom. The molecule has 1 aromatic carbocycles. The summed E-state index contributed by atoms with van der Waals surface area (Å²) in [4.78, 5) is 13.1. The van der Waals surface area contributed by atoms with Crippen LogP contribution in [-0.2, 0) is 11.0 Å². The Hall–Kier alpha value is -1.63. The SMILES string of the molecule is CNC1CCN(c2ccc(F)c(C(F)(F)F)c2)C1=O. The Kier molecular flexibility index (Phi) is 3.49. The molecule has 0 radical (unpaired) electrons. The summed E-state index contributed by atoms with van der Waals surface area (Å²) in [6, 6.07) is 2.18. The molecule has 0 saturated carbocycles. The number of likely N-dealkylation sites (N-methyl/N-ethyl adjacent to an activating group) is 1. The van der Waals surface area contributed by atoms with Crippen molar-refractivity contribution < 1.29 is 22.4 Å². The Morgan fingerprint density at radius 2 is 2.05 bits per heavy atom. The van der Waals surface area contributed by atoms with Crippen LogP contribution in [0.15, 0.2) is 18.2 Å². The fourth-order valence-electron chi connectivity index (χ4n) is 2.10. The van der Waals surface area contributed by atoms with Crippen molar-refractivity contribution in [2.75, 3.05) is 18.5 Å². The van der Waals surface area contributed by atoms with Gasteiger partial charge in [-0.15, -0.1) is 0 Å². The molecule has 0 aromatic heterocycles. The lowest BCUT2D eigenvalue weighted by molar-refractivity contribution is -0.140. The van der Waals surface area contributed by atoms with Crippen LogP contribution in [-0.4, -0.2) is 25.5 Å². The number of rotatable bonds is 2. The van der Waals surface area contributed by atoms with Crippen molar-refractivity contribution in [1.29, 1.82) is 0 Å². The van der Waals surface area contributed by atoms with Gasteiger partial charge in [-0.25, -0.2) is 4.39 Å². The summed E-state index contributed by atoms with van der Waals surface area (Å²) in [6.45, 7) is 0.313. The van der Waals surface area contributed by atoms with Crippen LogP contribution in [0.2, 0.25) is 0 Å². The molecule has 1 aliphatic rings. The highest BCUT2D eigenvalue weighted by atomic mass is 19.4. The first-order valence-electron chi connectivity index (χ1n) is 5.70. The Bertz CT molecular complexity index is 501. The molecule has 7 heteroatoms. The van der Waals surface area contributed by atoms with E-state index in [2.05, 4.69) is 5.32 Å². The minimum atomic E-state index is -4.77. The maximum absolute atomic E-state index is 13.2. The normalized spacial score (nSPS) is 20.2. The third kappa shape index (κ3) is 2.56. The summed E-state index contributed by atoms with van der Waals surface area (Å²) in [5.74, 6) is -1.64. The molecule has 1 unspecified atom stereocenters. The zero-order valence-corrected chi connectivity index (χ0v) is 10.1. The van der Waals surface area contributed by atoms with Gasteiger partial charge in [0.15, 0.2) is 0 Å². The summed E-state index contributed by atoms with van der Waals surface area (Å²) < 4.78 is 51.0. The molecule has 0 spiro atoms. The van der Waals surface area contributed by atoms with Crippen molar-refractivity contribution in [3.63, 3.8) is 0 Å². The standard InChI is InChI=1S/C12H12F4N2O/c1-17-10-4-5-18(11(10)19)7-2-3-9(13)8(6-7)12(14,15)16/h2-3,6,10,17H,4-5H2,1H3. The highest BCUT2D eigenvalue weighted by Gasteiger charge is 2.36. The molecular formula is C12H12F4N2O. The summed E-state index contributed by atoms with van der Waals surface area (Å²) in [6.07, 6.45) is -4.26. The molecule has 0 bridgehead atoms. The minimum Gasteiger partial charge on any atom is -0.311 e. The fraction of sp³-hybridized carbons (Fsp3) is 0.417. The molecule has 1 atom stereocenters. The van der Waals surface area contributed by atoms with E-state index in [4.69, 9.17) is 0 Å². The van der Waals surface area contributed by atoms with E-state index in [0.29, 0.717) is 19.0 Å². The Morgan fingerprint density at radius 3 is 2.58 bits per heavy atom. The molecular weight excluding hydrogens is 264 g/mol. The van der Waals surface area contributed by atoms with E-state index in [1.807, 2.05) is 0 Å². The molecule has 1 heterocycles. The predicted octanol–water partition coefficient (Wildman–Crippen LogP) is 2.17. The lowest BCUT2D eigenvalue weighted by atomic mass is 10.1. The summed E-state index contributed by atoms with van der Waals surface area (Å²) in [5, 5.41) is 2.78. The smallest absolute Gasteiger partial charge is 0.311 e. The van der Waals surface area contributed by atoms with Gasteiger partial charge >= 0.3 is 6.18 Å². The van der Waals surface area contributed by atoms with Crippen LogP contribution in [0, 0.1) is 5.82 Å². The van der Waals surface area contributed by atoms with Crippen molar-refractivity contribution in [2.45, 2.75) is 18.6 Å². The van der Waals surface area contributed by atoms with Gasteiger partial charge in [-0.3, -0.25) is 4.79 Å². The van der Waals surface area contributed by atoms with Crippen molar-refractivity contribution in [3.05, 3.63) is 29.6 Å². The van der Waals surface area contributed by atoms with Gasteiger partial charge in [0.05, 0.1) is 11.6 Å². The second-order valence-electron chi connectivity index (χ2n) is 4.28. The van der Waals surface area contributed by atoms with E-state index in [1.54, 1.807) is 7.05 Å². The maximum atomic E-state index is 13.2. The molecule has 1 fully saturated rings. The van der Waals surface area contributed by atoms with E-state index in [-0.39, 0.29) is 11.6 Å². The summed E-state index contributed by atoms with van der Waals surface area (Å²) in [5.41, 5.74) is -1.29. The van der Waals surface area contributed by atoms with Gasteiger partial charge in [0.2, 0.25) is 5.91 Å². The molecule has 1 saturated heterocycles. The van der Waals surface area contributed by atoms with Gasteiger partial charge in [-0.2, -0.15) is 13.2 Å². The second kappa shape index (κ2) is 4.80. The molecule has 1 aromatic rings. The van der Waals surface area contributed by atoms with Crippen LogP contribution in [0.4, 0.5) is 23.2 Å². The highest BCUT2D eigenvalue weighted by Crippen LogP contribution is 2.34. The quantitative estimate of drug-likeness (QED) is 0.840. The minimum absolute atomic E-state index is 0.0662. The largest absolute Gasteiger partial charge is 0.419 e. The number of anilines is 1. The van der Waals surface area contributed by atoms with Gasteiger partial charge in [0, 0.05) is 12.2 Å². The van der Waals surface area contributed by atoms with Gasteiger partial charge in [0.1, 0.15) is 5.82 Å². The fourth-order valence-corrected chi connectivity index (χ4v) is 2.10. The van der Waals surface area contributed by atoms with Gasteiger partial charge < -0.3 is 10.2 Å². The number of hydrogen-bond donors (Lipinski definition) is 1. The van der Waals surface area contributed by atoms with Crippen LogP contribution in [0.25, 0.3) is 0 Å². The van der Waals surface area contributed by atoms with Gasteiger partial charge in [0.25, 0.3) is 0 Å². The first kappa shape index (κ1) is 13.8. The monoisotopic (exact) mass is 276 g/mol. The van der Waals surface area contributed by atoms with Crippen molar-refractivity contribution in [1.82, 2.24) is 5.32 Å². The van der Waals surface area contributed by atoms with E-state index >= 15 is 0 Å². The Labute approximate surface area is 107 Å². The van der Waals surface area contributed by atoms with Crippen molar-refractivity contribution in [2.24, 2.45) is 0 Å². The first-order chi connectivity index (χ1) is 8.84. The molecule has 1 amide bonds. The Balaban J connectivity index is 2.35. The molecule has 1 aliphatic heterocycles. The zero-order chi connectivity index (χ0) is 14.2. The number of carbonyl (C=O) groups is 1. The van der Waals surface area contributed by atoms with Gasteiger partial charge in [-0.1, -0.05) is 0 Å². The van der Waals surface area contributed by atoms with Crippen molar-refractivity contribution >= 4 is 11.6 Å². The second-order valence-corrected chi connectivity index (χ2v) is 4.28. The number of alkyl halides is 3. The number of hydrogen-bond acceptors (Lipinski definition) is 2. The van der Waals surface area contributed by atoms with Crippen LogP contribution >= 0.6 is 0 Å². The summed E-state index contributed by atoms with van der Waals surface area (Å²) in [7, 11) is 1.61. The molecule has 2 rings (SSSR count). The third-order valence-electron chi connectivity index (χ3n) is 3.12. The molecule has 19 heavy (non-hydrogen) atoms. The number of benzene rings is 1. The molecule has 104 valence electrons. The van der Waals surface area contributed by atoms with E-state index in [9.17, 15) is 22.4 Å². The molecule has 1 N–H and O–H groups in total. The van der Waals surface area contributed by atoms with Crippen molar-refractivity contribution in [3.8, 4) is 0 Å². The topological polar surface area (TPSA) is 32.3 Å². The van der Waals surface area contributed by atoms with Crippen LogP contribution in [0.1, 0.15) is 12.0 Å². The zero-order valence-electron chi connectivity index (χ0n) is 10.1. The van der Waals surface area contributed by atoms with Gasteiger partial charge in [-0.05, 0) is 31.7 Å². The average molecular weight is 276 g/mol. The highest BCUT2D eigenvalue weighted by molar-refractivity contribution is 5.99. The number of carbonyl (C=O) groups excluding carboxylic acids is 1. The van der Waals surface area contributed by atoms with E-state index in [1.165, 1.54) is 11.0 Å². The van der Waals surface area contributed by atoms with Crippen LogP contribution < -0.4 is 10.2 Å². The first-order valence-corrected chi connectivity index (χ1v) is 5.70. The lowest BCUT2D eigenvalue weighted by Crippen LogP contribution is -2.36. The number of nitrogens with zero attached hydrogens (tertiary/aromatic N) is 1. The number of halogens is 4. The maximum Gasteiger partial charge on any atom is 0.419 e. The molecule has 3 nitrogen and oxygen atoms in total. The average Bonchev–Trinajstić information content (AvgIpc) is 2.70. The predicted molar refractivity (Wildman–Crippen MR) is 61.2 cm³/mol. The summed E-state index contributed by atoms with van der Waals surface area (Å²) >= 11 is 0. The number of nitrogens with one attached hydrogen (secondary N) is 1. The third-order valence-corrected chi connectivity index (χ3v) is 3.12. The van der Waals surface area contributed by atoms with E-state index < -0.39 is 23.6 Å². The van der Waals surface area contributed by atoms with Crippen LogP contribution in [0.3, 0.4) is 0 Å². The lowest BCUT2D eigenvalue weighted by Gasteiger charge is -2.18. The van der Waals surface area contributed by atoms with E-state index in [0.717, 1.165) is 6.07 Å². The number of amides is 1.